The van der Waals surface area contributed by atoms with Crippen LogP contribution in [0.3, 0.4) is 0 Å². The molecule has 27 heavy (non-hydrogen) atoms. The molecular weight excluding hydrogens is 328 g/mol. The Morgan fingerprint density at radius 3 is 2.22 bits per heavy atom. The van der Waals surface area contributed by atoms with E-state index >= 15 is 0 Å². The van der Waals surface area contributed by atoms with Gasteiger partial charge in [-0.1, -0.05) is 67.2 Å². The average Bonchev–Trinajstić information content (AvgIpc) is 3.18. The van der Waals surface area contributed by atoms with Crippen molar-refractivity contribution in [3.05, 3.63) is 102 Å². The number of aryl methyl sites for hydroxylation is 1. The monoisotopic (exact) mass is 352 g/mol. The number of benzene rings is 3. The van der Waals surface area contributed by atoms with Crippen molar-refractivity contribution in [2.24, 2.45) is 0 Å². The molecule has 2 heteroatoms. The maximum absolute atomic E-state index is 3.93. The van der Waals surface area contributed by atoms with Gasteiger partial charge in [-0.15, -0.1) is 0 Å². The van der Waals surface area contributed by atoms with Gasteiger partial charge in [0.25, 0.3) is 0 Å². The fourth-order valence-corrected chi connectivity index (χ4v) is 3.84. The molecule has 0 amide bonds. The molecule has 1 aliphatic rings. The van der Waals surface area contributed by atoms with Crippen LogP contribution in [0.15, 0.2) is 91.3 Å². The van der Waals surface area contributed by atoms with E-state index in [1.807, 2.05) is 12.3 Å². The first-order chi connectivity index (χ1) is 13.2. The molecule has 0 saturated heterocycles. The lowest BCUT2D eigenvalue weighted by atomic mass is 9.92. The van der Waals surface area contributed by atoms with Crippen LogP contribution < -0.4 is 10.2 Å². The van der Waals surface area contributed by atoms with E-state index in [1.165, 1.54) is 39.1 Å². The minimum Gasteiger partial charge on any atom is -0.372 e. The molecule has 3 aromatic carbocycles. The molecule has 0 unspecified atom stereocenters. The van der Waals surface area contributed by atoms with Gasteiger partial charge in [0.15, 0.2) is 0 Å². The van der Waals surface area contributed by atoms with Gasteiger partial charge in [-0.05, 0) is 59.4 Å². The second-order valence-electron chi connectivity index (χ2n) is 6.91. The molecule has 0 aliphatic carbocycles. The summed E-state index contributed by atoms with van der Waals surface area (Å²) in [5.41, 5.74) is 9.96. The predicted molar refractivity (Wildman–Crippen MR) is 116 cm³/mol. The summed E-state index contributed by atoms with van der Waals surface area (Å²) in [6.45, 7) is 9.10. The van der Waals surface area contributed by atoms with Gasteiger partial charge in [0, 0.05) is 11.9 Å². The van der Waals surface area contributed by atoms with Crippen LogP contribution in [0.25, 0.3) is 22.3 Å². The van der Waals surface area contributed by atoms with Crippen LogP contribution in [-0.4, -0.2) is 6.67 Å². The van der Waals surface area contributed by atoms with Gasteiger partial charge in [-0.3, -0.25) is 0 Å². The summed E-state index contributed by atoms with van der Waals surface area (Å²) in [7, 11) is 0. The van der Waals surface area contributed by atoms with E-state index in [0.717, 1.165) is 12.4 Å². The van der Waals surface area contributed by atoms with Crippen molar-refractivity contribution in [3.8, 4) is 22.3 Å². The Hall–Kier alpha value is -3.26. The molecule has 0 aromatic heterocycles. The summed E-state index contributed by atoms with van der Waals surface area (Å²) in [6, 6.07) is 23.8. The Balaban J connectivity index is 1.75. The molecule has 3 aromatic rings. The predicted octanol–water partition coefficient (Wildman–Crippen LogP) is 6.03. The SMILES string of the molecule is C=CC1=CNCN1c1ccc(C)c(-c2ccc(-c3ccccc3)cc2)c1C. The second-order valence-corrected chi connectivity index (χ2v) is 6.91. The molecule has 0 spiro atoms. The normalized spacial score (nSPS) is 13.3. The van der Waals surface area contributed by atoms with Gasteiger partial charge in [-0.25, -0.2) is 0 Å². The lowest BCUT2D eigenvalue weighted by Crippen LogP contribution is -2.23. The van der Waals surface area contributed by atoms with Gasteiger partial charge in [0.05, 0.1) is 12.4 Å². The highest BCUT2D eigenvalue weighted by Gasteiger charge is 2.19. The largest absolute Gasteiger partial charge is 0.372 e. The van der Waals surface area contributed by atoms with Crippen LogP contribution in [0.2, 0.25) is 0 Å². The first-order valence-corrected chi connectivity index (χ1v) is 9.28. The summed E-state index contributed by atoms with van der Waals surface area (Å²) < 4.78 is 0. The first kappa shape index (κ1) is 17.2. The summed E-state index contributed by atoms with van der Waals surface area (Å²) in [5, 5.41) is 3.29. The zero-order valence-corrected chi connectivity index (χ0v) is 15.9. The van der Waals surface area contributed by atoms with E-state index in [9.17, 15) is 0 Å². The van der Waals surface area contributed by atoms with Gasteiger partial charge in [0.2, 0.25) is 0 Å². The van der Waals surface area contributed by atoms with E-state index in [1.54, 1.807) is 0 Å². The maximum Gasteiger partial charge on any atom is 0.0922 e. The average molecular weight is 352 g/mol. The van der Waals surface area contributed by atoms with Crippen LogP contribution in [0.5, 0.6) is 0 Å². The maximum atomic E-state index is 3.93. The molecular formula is C25H24N2. The number of anilines is 1. The molecule has 0 atom stereocenters. The van der Waals surface area contributed by atoms with E-state index in [-0.39, 0.29) is 0 Å². The Morgan fingerprint density at radius 1 is 0.852 bits per heavy atom. The molecule has 1 aliphatic heterocycles. The van der Waals surface area contributed by atoms with E-state index in [0.29, 0.717) is 0 Å². The quantitative estimate of drug-likeness (QED) is 0.616. The first-order valence-electron chi connectivity index (χ1n) is 9.28. The topological polar surface area (TPSA) is 15.3 Å². The molecule has 1 N–H and O–H groups in total. The van der Waals surface area contributed by atoms with Gasteiger partial charge >= 0.3 is 0 Å². The number of hydrogen-bond donors (Lipinski definition) is 1. The molecule has 0 fully saturated rings. The Morgan fingerprint density at radius 2 is 1.52 bits per heavy atom. The zero-order chi connectivity index (χ0) is 18.8. The summed E-state index contributed by atoms with van der Waals surface area (Å²) in [4.78, 5) is 2.27. The van der Waals surface area contributed by atoms with Crippen molar-refractivity contribution < 1.29 is 0 Å². The Bertz CT molecular complexity index is 998. The van der Waals surface area contributed by atoms with Crippen molar-refractivity contribution in [2.75, 3.05) is 11.6 Å². The minimum absolute atomic E-state index is 0.775. The van der Waals surface area contributed by atoms with E-state index < -0.39 is 0 Å². The lowest BCUT2D eigenvalue weighted by Gasteiger charge is -2.24. The molecule has 0 radical (unpaired) electrons. The third kappa shape index (κ3) is 3.15. The van der Waals surface area contributed by atoms with E-state index in [4.69, 9.17) is 0 Å². The summed E-state index contributed by atoms with van der Waals surface area (Å²) in [6.07, 6.45) is 3.91. The highest BCUT2D eigenvalue weighted by molar-refractivity contribution is 5.80. The second kappa shape index (κ2) is 7.16. The zero-order valence-electron chi connectivity index (χ0n) is 15.9. The number of nitrogens with one attached hydrogen (secondary N) is 1. The van der Waals surface area contributed by atoms with E-state index in [2.05, 4.69) is 97.4 Å². The highest BCUT2D eigenvalue weighted by atomic mass is 15.3. The van der Waals surface area contributed by atoms with Crippen molar-refractivity contribution in [1.29, 1.82) is 0 Å². The third-order valence-corrected chi connectivity index (χ3v) is 5.24. The molecule has 0 saturated carbocycles. The van der Waals surface area contributed by atoms with Crippen molar-refractivity contribution in [2.45, 2.75) is 13.8 Å². The van der Waals surface area contributed by atoms with Gasteiger partial charge < -0.3 is 10.2 Å². The molecule has 0 bridgehead atoms. The van der Waals surface area contributed by atoms with Gasteiger partial charge in [-0.2, -0.15) is 0 Å². The fourth-order valence-electron chi connectivity index (χ4n) is 3.84. The third-order valence-electron chi connectivity index (χ3n) is 5.24. The minimum atomic E-state index is 0.775. The molecule has 4 rings (SSSR count). The number of hydrogen-bond acceptors (Lipinski definition) is 2. The fraction of sp³-hybridized carbons (Fsp3) is 0.120. The molecule has 1 heterocycles. The van der Waals surface area contributed by atoms with Crippen LogP contribution in [0.1, 0.15) is 11.1 Å². The van der Waals surface area contributed by atoms with Crippen molar-refractivity contribution in [3.63, 3.8) is 0 Å². The highest BCUT2D eigenvalue weighted by Crippen LogP contribution is 2.36. The lowest BCUT2D eigenvalue weighted by molar-refractivity contribution is 0.890. The Kier molecular flexibility index (Phi) is 4.55. The molecule has 134 valence electrons. The van der Waals surface area contributed by atoms with Crippen LogP contribution >= 0.6 is 0 Å². The smallest absolute Gasteiger partial charge is 0.0922 e. The van der Waals surface area contributed by atoms with Gasteiger partial charge in [0.1, 0.15) is 0 Å². The summed E-state index contributed by atoms with van der Waals surface area (Å²) in [5.74, 6) is 0. The number of rotatable bonds is 4. The standard InChI is InChI=1S/C25H24N2/c1-4-23-16-26-17-27(23)24-15-10-18(2)25(19(24)3)22-13-11-21(12-14-22)20-8-6-5-7-9-20/h4-16,26H,1,17H2,2-3H3. The van der Waals surface area contributed by atoms with Crippen molar-refractivity contribution in [1.82, 2.24) is 5.32 Å². The number of allylic oxidation sites excluding steroid dienone is 1. The van der Waals surface area contributed by atoms with Crippen molar-refractivity contribution >= 4 is 5.69 Å². The number of nitrogens with zero attached hydrogens (tertiary/aromatic N) is 1. The summed E-state index contributed by atoms with van der Waals surface area (Å²) >= 11 is 0. The van der Waals surface area contributed by atoms with Crippen LogP contribution in [0.4, 0.5) is 5.69 Å². The Labute approximate surface area is 161 Å². The van der Waals surface area contributed by atoms with Crippen LogP contribution in [-0.2, 0) is 0 Å². The van der Waals surface area contributed by atoms with Crippen LogP contribution in [0, 0.1) is 13.8 Å². The molecule has 2 nitrogen and oxygen atoms in total.